The molecule has 0 spiro atoms. The molecular formula is C13H15FN6. The molecule has 1 aromatic carbocycles. The van der Waals surface area contributed by atoms with Gasteiger partial charge in [0.15, 0.2) is 5.82 Å². The van der Waals surface area contributed by atoms with Crippen molar-refractivity contribution in [1.29, 1.82) is 0 Å². The lowest BCUT2D eigenvalue weighted by Crippen LogP contribution is -2.10. The fourth-order valence-electron chi connectivity index (χ4n) is 2.24. The highest BCUT2D eigenvalue weighted by Gasteiger charge is 2.13. The van der Waals surface area contributed by atoms with Gasteiger partial charge in [0, 0.05) is 12.6 Å². The summed E-state index contributed by atoms with van der Waals surface area (Å²) in [4.78, 5) is 4.19. The summed E-state index contributed by atoms with van der Waals surface area (Å²) in [5.41, 5.74) is 7.85. The van der Waals surface area contributed by atoms with Crippen LogP contribution in [0.1, 0.15) is 18.3 Å². The number of rotatable bonds is 3. The summed E-state index contributed by atoms with van der Waals surface area (Å²) < 4.78 is 17.3. The number of anilines is 1. The Balaban J connectivity index is 2.11. The molecule has 2 N–H and O–H groups in total. The Morgan fingerprint density at radius 2 is 2.15 bits per heavy atom. The zero-order valence-corrected chi connectivity index (χ0v) is 11.3. The second-order valence-corrected chi connectivity index (χ2v) is 4.68. The lowest BCUT2D eigenvalue weighted by atomic mass is 10.2. The van der Waals surface area contributed by atoms with Crippen LogP contribution >= 0.6 is 0 Å². The van der Waals surface area contributed by atoms with E-state index in [1.54, 1.807) is 19.3 Å². The molecule has 0 radical (unpaired) electrons. The second-order valence-electron chi connectivity index (χ2n) is 4.68. The van der Waals surface area contributed by atoms with Gasteiger partial charge >= 0.3 is 0 Å². The highest BCUT2D eigenvalue weighted by Crippen LogP contribution is 2.22. The van der Waals surface area contributed by atoms with Gasteiger partial charge in [-0.2, -0.15) is 0 Å². The molecule has 20 heavy (non-hydrogen) atoms. The number of hydrogen-bond donors (Lipinski definition) is 1. The molecular weight excluding hydrogens is 259 g/mol. The molecule has 0 aliphatic heterocycles. The predicted octanol–water partition coefficient (Wildman–Crippen LogP) is 1.73. The molecule has 7 heteroatoms. The fraction of sp³-hybridized carbons (Fsp3) is 0.308. The lowest BCUT2D eigenvalue weighted by Gasteiger charge is -2.07. The number of nitrogen functional groups attached to an aromatic ring is 1. The average molecular weight is 274 g/mol. The van der Waals surface area contributed by atoms with Gasteiger partial charge in [-0.05, 0) is 25.5 Å². The van der Waals surface area contributed by atoms with E-state index in [9.17, 15) is 4.39 Å². The molecule has 0 fully saturated rings. The van der Waals surface area contributed by atoms with E-state index in [0.29, 0.717) is 23.6 Å². The van der Waals surface area contributed by atoms with Crippen LogP contribution in [0, 0.1) is 12.7 Å². The summed E-state index contributed by atoms with van der Waals surface area (Å²) in [7, 11) is 0. The SMILES string of the molecule is CCn1cnnc1Cn1c(N)nc2cc(F)c(C)cc21. The van der Waals surface area contributed by atoms with Gasteiger partial charge < -0.3 is 14.9 Å². The van der Waals surface area contributed by atoms with Crippen molar-refractivity contribution in [1.82, 2.24) is 24.3 Å². The number of aryl methyl sites for hydroxylation is 2. The van der Waals surface area contributed by atoms with E-state index in [1.165, 1.54) is 6.07 Å². The summed E-state index contributed by atoms with van der Waals surface area (Å²) >= 11 is 0. The van der Waals surface area contributed by atoms with Gasteiger partial charge in [0.25, 0.3) is 0 Å². The monoisotopic (exact) mass is 274 g/mol. The van der Waals surface area contributed by atoms with Crippen LogP contribution in [0.15, 0.2) is 18.5 Å². The Morgan fingerprint density at radius 1 is 1.35 bits per heavy atom. The highest BCUT2D eigenvalue weighted by atomic mass is 19.1. The minimum absolute atomic E-state index is 0.279. The molecule has 0 aliphatic rings. The second kappa shape index (κ2) is 4.59. The average Bonchev–Trinajstić information content (AvgIpc) is 2.97. The number of imidazole rings is 1. The Kier molecular flexibility index (Phi) is 2.89. The number of aromatic nitrogens is 5. The van der Waals surface area contributed by atoms with Crippen molar-refractivity contribution < 1.29 is 4.39 Å². The number of hydrogen-bond acceptors (Lipinski definition) is 4. The predicted molar refractivity (Wildman–Crippen MR) is 73.6 cm³/mol. The molecule has 0 unspecified atom stereocenters. The molecule has 0 aliphatic carbocycles. The standard InChI is InChI=1S/C13H15FN6/c1-3-19-7-16-18-12(19)6-20-11-4-8(2)9(14)5-10(11)17-13(20)15/h4-5,7H,3,6H2,1-2H3,(H2,15,17). The first kappa shape index (κ1) is 12.6. The Hall–Kier alpha value is -2.44. The zero-order valence-electron chi connectivity index (χ0n) is 11.3. The normalized spacial score (nSPS) is 11.3. The minimum atomic E-state index is -0.279. The maximum Gasteiger partial charge on any atom is 0.201 e. The Bertz CT molecular complexity index is 773. The molecule has 6 nitrogen and oxygen atoms in total. The van der Waals surface area contributed by atoms with Crippen LogP contribution in [0.2, 0.25) is 0 Å². The summed E-state index contributed by atoms with van der Waals surface area (Å²) in [5.74, 6) is 0.856. The number of nitrogens with zero attached hydrogens (tertiary/aromatic N) is 5. The summed E-state index contributed by atoms with van der Waals surface area (Å²) in [6.45, 7) is 4.97. The number of halogens is 1. The van der Waals surface area contributed by atoms with Crippen molar-refractivity contribution in [2.24, 2.45) is 0 Å². The first-order chi connectivity index (χ1) is 9.60. The van der Waals surface area contributed by atoms with E-state index in [2.05, 4.69) is 15.2 Å². The quantitative estimate of drug-likeness (QED) is 0.789. The molecule has 2 heterocycles. The summed E-state index contributed by atoms with van der Waals surface area (Å²) in [5, 5.41) is 7.98. The van der Waals surface area contributed by atoms with Crippen LogP contribution < -0.4 is 5.73 Å². The third-order valence-corrected chi connectivity index (χ3v) is 3.39. The fourth-order valence-corrected chi connectivity index (χ4v) is 2.24. The van der Waals surface area contributed by atoms with Crippen molar-refractivity contribution >= 4 is 17.0 Å². The van der Waals surface area contributed by atoms with Crippen molar-refractivity contribution in [2.75, 3.05) is 5.73 Å². The third-order valence-electron chi connectivity index (χ3n) is 3.39. The smallest absolute Gasteiger partial charge is 0.201 e. The molecule has 0 saturated heterocycles. The molecule has 104 valence electrons. The summed E-state index contributed by atoms with van der Waals surface area (Å²) in [6.07, 6.45) is 1.68. The van der Waals surface area contributed by atoms with Gasteiger partial charge in [-0.15, -0.1) is 10.2 Å². The van der Waals surface area contributed by atoms with E-state index < -0.39 is 0 Å². The van der Waals surface area contributed by atoms with Gasteiger partial charge in [-0.1, -0.05) is 0 Å². The molecule has 0 atom stereocenters. The Morgan fingerprint density at radius 3 is 2.90 bits per heavy atom. The van der Waals surface area contributed by atoms with Crippen LogP contribution in [-0.4, -0.2) is 24.3 Å². The lowest BCUT2D eigenvalue weighted by molar-refractivity contribution is 0.620. The van der Waals surface area contributed by atoms with Crippen LogP contribution in [0.5, 0.6) is 0 Å². The first-order valence-electron chi connectivity index (χ1n) is 6.38. The first-order valence-corrected chi connectivity index (χ1v) is 6.38. The molecule has 3 aromatic rings. The van der Waals surface area contributed by atoms with Crippen molar-refractivity contribution in [2.45, 2.75) is 26.9 Å². The van der Waals surface area contributed by atoms with Gasteiger partial charge in [0.1, 0.15) is 12.1 Å². The zero-order chi connectivity index (χ0) is 14.3. The van der Waals surface area contributed by atoms with Crippen molar-refractivity contribution in [3.05, 3.63) is 35.7 Å². The number of fused-ring (bicyclic) bond motifs is 1. The molecule has 0 amide bonds. The van der Waals surface area contributed by atoms with E-state index >= 15 is 0 Å². The molecule has 2 aromatic heterocycles. The maximum absolute atomic E-state index is 13.6. The third kappa shape index (κ3) is 1.91. The largest absolute Gasteiger partial charge is 0.369 e. The van der Waals surface area contributed by atoms with Gasteiger partial charge in [0.05, 0.1) is 17.6 Å². The van der Waals surface area contributed by atoms with Crippen molar-refractivity contribution in [3.63, 3.8) is 0 Å². The van der Waals surface area contributed by atoms with E-state index in [4.69, 9.17) is 5.73 Å². The number of benzene rings is 1. The maximum atomic E-state index is 13.6. The topological polar surface area (TPSA) is 74.5 Å². The molecule has 3 rings (SSSR count). The summed E-state index contributed by atoms with van der Waals surface area (Å²) in [6, 6.07) is 3.16. The van der Waals surface area contributed by atoms with Crippen LogP contribution in [0.25, 0.3) is 11.0 Å². The molecule has 0 saturated carbocycles. The van der Waals surface area contributed by atoms with Gasteiger partial charge in [-0.3, -0.25) is 0 Å². The van der Waals surface area contributed by atoms with Gasteiger partial charge in [0.2, 0.25) is 5.95 Å². The van der Waals surface area contributed by atoms with E-state index in [1.807, 2.05) is 16.1 Å². The van der Waals surface area contributed by atoms with Crippen LogP contribution in [0.4, 0.5) is 10.3 Å². The van der Waals surface area contributed by atoms with E-state index in [-0.39, 0.29) is 5.82 Å². The highest BCUT2D eigenvalue weighted by molar-refractivity contribution is 5.79. The van der Waals surface area contributed by atoms with Crippen LogP contribution in [-0.2, 0) is 13.1 Å². The molecule has 0 bridgehead atoms. The minimum Gasteiger partial charge on any atom is -0.369 e. The van der Waals surface area contributed by atoms with E-state index in [0.717, 1.165) is 17.9 Å². The number of nitrogens with two attached hydrogens (primary N) is 1. The van der Waals surface area contributed by atoms with Crippen LogP contribution in [0.3, 0.4) is 0 Å². The Labute approximate surface area is 115 Å². The van der Waals surface area contributed by atoms with Crippen molar-refractivity contribution in [3.8, 4) is 0 Å². The van der Waals surface area contributed by atoms with Gasteiger partial charge in [-0.25, -0.2) is 9.37 Å².